The Hall–Kier alpha value is -3.93. The first-order valence-corrected chi connectivity index (χ1v) is 20.2. The van der Waals surface area contributed by atoms with Crippen LogP contribution in [-0.2, 0) is 64.1 Å². The average molecular weight is 880 g/mol. The van der Waals surface area contributed by atoms with E-state index < -0.39 is 71.1 Å². The van der Waals surface area contributed by atoms with Crippen LogP contribution in [0.4, 0.5) is 0 Å². The molecule has 2 amide bonds. The minimum absolute atomic E-state index is 0.0340. The summed E-state index contributed by atoms with van der Waals surface area (Å²) in [4.78, 5) is 61.0. The zero-order valence-corrected chi connectivity index (χ0v) is 33.7. The number of hydrogen-bond acceptors (Lipinski definition) is 11. The molecule has 3 aliphatic heterocycles. The van der Waals surface area contributed by atoms with Gasteiger partial charge in [-0.05, 0) is 96.3 Å². The summed E-state index contributed by atoms with van der Waals surface area (Å²) in [6.45, 7) is 5.27. The van der Waals surface area contributed by atoms with Crippen LogP contribution in [0, 0.1) is 8.99 Å². The molecule has 3 aromatic rings. The molecule has 2 bridgehead atoms. The van der Waals surface area contributed by atoms with Gasteiger partial charge in [0.15, 0.2) is 11.8 Å². The summed E-state index contributed by atoms with van der Waals surface area (Å²) < 4.78 is 26.1. The number of hydroxylamine groups is 2. The lowest BCUT2D eigenvalue weighted by Crippen LogP contribution is -2.69. The molecule has 8 rings (SSSR count). The maximum atomic E-state index is 14.8. The zero-order valence-electron chi connectivity index (χ0n) is 31.5. The number of carbonyl (C=O) groups excluding carboxylic acids is 4. The SMILES string of the molecule is CC(C)(C)OC(=O)CCC(CO)NC(=O)c1cccc(CNC(=O)C23CC4OC(=O)C2N(Cc2ccc(I)cc2)OC3C2OC3(Cc5ccccc5C3)OC42)c1. The van der Waals surface area contributed by atoms with Gasteiger partial charge in [0.1, 0.15) is 35.4 Å². The van der Waals surface area contributed by atoms with Crippen LogP contribution in [0.1, 0.15) is 72.6 Å². The number of nitrogens with one attached hydrogen (secondary N) is 2. The summed E-state index contributed by atoms with van der Waals surface area (Å²) in [5.74, 6) is -2.74. The van der Waals surface area contributed by atoms with Gasteiger partial charge < -0.3 is 34.7 Å². The third-order valence-electron chi connectivity index (χ3n) is 11.3. The minimum atomic E-state index is -1.36. The highest BCUT2D eigenvalue weighted by Crippen LogP contribution is 2.58. The van der Waals surface area contributed by atoms with Gasteiger partial charge in [-0.25, -0.2) is 0 Å². The van der Waals surface area contributed by atoms with Gasteiger partial charge in [0.05, 0.1) is 19.2 Å². The summed E-state index contributed by atoms with van der Waals surface area (Å²) in [7, 11) is 0. The molecule has 4 fully saturated rings. The Kier molecular flexibility index (Phi) is 10.5. The van der Waals surface area contributed by atoms with Crippen LogP contribution < -0.4 is 10.6 Å². The number of benzene rings is 3. The van der Waals surface area contributed by atoms with Gasteiger partial charge in [0, 0.05) is 41.4 Å². The Morgan fingerprint density at radius 1 is 0.982 bits per heavy atom. The number of nitrogens with zero attached hydrogens (tertiary/aromatic N) is 1. The van der Waals surface area contributed by atoms with Gasteiger partial charge >= 0.3 is 11.9 Å². The molecule has 3 N–H and O–H groups in total. The largest absolute Gasteiger partial charge is 0.460 e. The van der Waals surface area contributed by atoms with Crippen molar-refractivity contribution in [2.45, 2.75) is 114 Å². The van der Waals surface area contributed by atoms with E-state index in [1.165, 1.54) is 0 Å². The third kappa shape index (κ3) is 7.47. The Bertz CT molecular complexity index is 1990. The predicted molar refractivity (Wildman–Crippen MR) is 208 cm³/mol. The quantitative estimate of drug-likeness (QED) is 0.189. The van der Waals surface area contributed by atoms with Crippen LogP contribution >= 0.6 is 22.6 Å². The fourth-order valence-electron chi connectivity index (χ4n) is 8.86. The van der Waals surface area contributed by atoms with Crippen LogP contribution in [0.15, 0.2) is 72.8 Å². The number of halogens is 1. The molecule has 0 radical (unpaired) electrons. The molecule has 3 aromatic carbocycles. The molecule has 7 atom stereocenters. The summed E-state index contributed by atoms with van der Waals surface area (Å²) in [6, 6.07) is 21.1. The van der Waals surface area contributed by atoms with Crippen molar-refractivity contribution in [3.8, 4) is 0 Å². The minimum Gasteiger partial charge on any atom is -0.460 e. The van der Waals surface area contributed by atoms with Crippen LogP contribution in [0.25, 0.3) is 0 Å². The molecular formula is C42H46IN3O10. The van der Waals surface area contributed by atoms with E-state index in [0.29, 0.717) is 24.0 Å². The highest BCUT2D eigenvalue weighted by molar-refractivity contribution is 14.1. The predicted octanol–water partition coefficient (Wildman–Crippen LogP) is 3.90. The molecule has 56 heavy (non-hydrogen) atoms. The van der Waals surface area contributed by atoms with E-state index in [-0.39, 0.29) is 44.9 Å². The second-order valence-electron chi connectivity index (χ2n) is 16.4. The van der Waals surface area contributed by atoms with Crippen molar-refractivity contribution in [1.82, 2.24) is 15.7 Å². The van der Waals surface area contributed by atoms with Gasteiger partial charge in [-0.1, -0.05) is 48.5 Å². The smallest absolute Gasteiger partial charge is 0.327 e. The molecule has 296 valence electrons. The first kappa shape index (κ1) is 38.9. The third-order valence-corrected chi connectivity index (χ3v) is 12.0. The van der Waals surface area contributed by atoms with E-state index in [1.807, 2.05) is 36.4 Å². The Morgan fingerprint density at radius 3 is 2.39 bits per heavy atom. The molecular weight excluding hydrogens is 833 g/mol. The maximum absolute atomic E-state index is 14.8. The second kappa shape index (κ2) is 15.1. The average Bonchev–Trinajstić information content (AvgIpc) is 3.84. The summed E-state index contributed by atoms with van der Waals surface area (Å²) >= 11 is 2.24. The molecule has 3 saturated heterocycles. The molecule has 1 spiro atoms. The summed E-state index contributed by atoms with van der Waals surface area (Å²) in [6.07, 6.45) is -1.39. The fraction of sp³-hybridized carbons (Fsp3) is 0.476. The van der Waals surface area contributed by atoms with Crippen molar-refractivity contribution >= 4 is 46.3 Å². The number of aliphatic hydroxyl groups is 1. The zero-order chi connectivity index (χ0) is 39.4. The number of amides is 2. The molecule has 2 aliphatic carbocycles. The van der Waals surface area contributed by atoms with Crippen LogP contribution in [0.2, 0.25) is 0 Å². The van der Waals surface area contributed by atoms with Crippen molar-refractivity contribution in [2.75, 3.05) is 6.61 Å². The lowest BCUT2D eigenvalue weighted by atomic mass is 9.62. The number of aliphatic hydroxyl groups excluding tert-OH is 1. The standard InChI is InChI=1S/C42H46IN3O10/c1-40(2,3)53-32(48)16-15-30(23-47)45-37(49)26-10-6-7-25(17-26)21-44-39(51)42-20-31-33-34(55-41(54-33)18-27-8-4-5-9-28(27)19-41)36(42)56-46(35(42)38(50)52-31)22-24-11-13-29(43)14-12-24/h4-14,17,30-31,33-36,47H,15-16,18-23H2,1-3H3,(H,44,51)(H,45,49). The highest BCUT2D eigenvalue weighted by atomic mass is 127. The van der Waals surface area contributed by atoms with Gasteiger partial charge in [0.2, 0.25) is 5.91 Å². The molecule has 3 heterocycles. The van der Waals surface area contributed by atoms with Gasteiger partial charge in [-0.3, -0.25) is 24.0 Å². The Balaban J connectivity index is 1.01. The Labute approximate surface area is 338 Å². The Morgan fingerprint density at radius 2 is 1.70 bits per heavy atom. The number of ether oxygens (including phenoxy) is 4. The van der Waals surface area contributed by atoms with E-state index in [4.69, 9.17) is 23.8 Å². The van der Waals surface area contributed by atoms with Crippen molar-refractivity contribution in [1.29, 1.82) is 0 Å². The van der Waals surface area contributed by atoms with Crippen molar-refractivity contribution in [3.63, 3.8) is 0 Å². The van der Waals surface area contributed by atoms with Crippen molar-refractivity contribution in [2.24, 2.45) is 5.41 Å². The highest BCUT2D eigenvalue weighted by Gasteiger charge is 2.76. The number of fused-ring (bicyclic) bond motifs is 5. The van der Waals surface area contributed by atoms with Crippen LogP contribution in [-0.4, -0.2) is 88.4 Å². The van der Waals surface area contributed by atoms with E-state index in [0.717, 1.165) is 20.3 Å². The van der Waals surface area contributed by atoms with Gasteiger partial charge in [0.25, 0.3) is 5.91 Å². The lowest BCUT2D eigenvalue weighted by Gasteiger charge is -2.48. The molecule has 7 unspecified atom stereocenters. The monoisotopic (exact) mass is 879 g/mol. The maximum Gasteiger partial charge on any atom is 0.327 e. The van der Waals surface area contributed by atoms with E-state index in [2.05, 4.69) is 45.4 Å². The molecule has 1 saturated carbocycles. The van der Waals surface area contributed by atoms with Crippen LogP contribution in [0.3, 0.4) is 0 Å². The van der Waals surface area contributed by atoms with Gasteiger partial charge in [-0.2, -0.15) is 5.06 Å². The van der Waals surface area contributed by atoms with Gasteiger partial charge in [-0.15, -0.1) is 0 Å². The topological polar surface area (TPSA) is 162 Å². The van der Waals surface area contributed by atoms with E-state index in [9.17, 15) is 24.3 Å². The van der Waals surface area contributed by atoms with Crippen LogP contribution in [0.5, 0.6) is 0 Å². The second-order valence-corrected chi connectivity index (χ2v) is 17.7. The van der Waals surface area contributed by atoms with E-state index in [1.54, 1.807) is 50.1 Å². The number of rotatable bonds is 11. The normalized spacial score (nSPS) is 27.6. The molecule has 0 aromatic heterocycles. The number of esters is 2. The summed E-state index contributed by atoms with van der Waals surface area (Å²) in [5, 5.41) is 17.4. The number of hydrogen-bond donors (Lipinski definition) is 3. The summed E-state index contributed by atoms with van der Waals surface area (Å²) in [5.41, 5.74) is 2.14. The fourth-order valence-corrected chi connectivity index (χ4v) is 9.22. The first-order chi connectivity index (χ1) is 26.8. The lowest BCUT2D eigenvalue weighted by molar-refractivity contribution is -0.217. The molecule has 13 nitrogen and oxygen atoms in total. The first-order valence-electron chi connectivity index (χ1n) is 19.1. The molecule has 14 heteroatoms. The van der Waals surface area contributed by atoms with Crippen molar-refractivity contribution in [3.05, 3.63) is 104 Å². The molecule has 5 aliphatic rings. The number of carbonyl (C=O) groups is 4. The van der Waals surface area contributed by atoms with Crippen molar-refractivity contribution < 1.29 is 48.1 Å². The van der Waals surface area contributed by atoms with E-state index >= 15 is 0 Å².